The van der Waals surface area contributed by atoms with E-state index < -0.39 is 6.10 Å². The van der Waals surface area contributed by atoms with Crippen molar-refractivity contribution in [3.05, 3.63) is 23.8 Å². The van der Waals surface area contributed by atoms with Crippen LogP contribution in [0.3, 0.4) is 0 Å². The summed E-state index contributed by atoms with van der Waals surface area (Å²) in [5.41, 5.74) is 0.695. The molecule has 3 heterocycles. The van der Waals surface area contributed by atoms with E-state index in [1.165, 1.54) is 19.4 Å². The lowest BCUT2D eigenvalue weighted by Crippen LogP contribution is -2.52. The first-order chi connectivity index (χ1) is 10.2. The molecule has 21 heavy (non-hydrogen) atoms. The number of ether oxygens (including phenoxy) is 2. The fraction of sp³-hybridized carbons (Fsp3) is 0.647. The van der Waals surface area contributed by atoms with E-state index in [2.05, 4.69) is 4.90 Å². The Balaban J connectivity index is 1.62. The summed E-state index contributed by atoms with van der Waals surface area (Å²) in [6.45, 7) is 2.33. The molecule has 0 aliphatic carbocycles. The number of aliphatic hydroxyl groups is 1. The summed E-state index contributed by atoms with van der Waals surface area (Å²) >= 11 is 0. The third-order valence-corrected chi connectivity index (χ3v) is 5.43. The van der Waals surface area contributed by atoms with Crippen molar-refractivity contribution in [3.63, 3.8) is 0 Å². The Morgan fingerprint density at radius 2 is 2.24 bits per heavy atom. The van der Waals surface area contributed by atoms with Gasteiger partial charge in [0.05, 0.1) is 13.2 Å². The molecule has 3 aliphatic heterocycles. The Bertz CT molecular complexity index is 547. The third kappa shape index (κ3) is 2.21. The summed E-state index contributed by atoms with van der Waals surface area (Å²) < 4.78 is 11.6. The van der Waals surface area contributed by atoms with E-state index in [4.69, 9.17) is 9.47 Å². The van der Waals surface area contributed by atoms with E-state index in [9.17, 15) is 5.11 Å². The highest BCUT2D eigenvalue weighted by Gasteiger charge is 2.47. The Kier molecular flexibility index (Phi) is 3.12. The lowest BCUT2D eigenvalue weighted by molar-refractivity contribution is -0.0646. The number of aliphatic hydroxyl groups excluding tert-OH is 1. The highest BCUT2D eigenvalue weighted by Crippen LogP contribution is 2.47. The van der Waals surface area contributed by atoms with Crippen LogP contribution < -0.4 is 9.47 Å². The van der Waals surface area contributed by atoms with E-state index in [0.717, 1.165) is 36.4 Å². The van der Waals surface area contributed by atoms with Crippen LogP contribution in [-0.2, 0) is 0 Å². The monoisotopic (exact) mass is 289 g/mol. The van der Waals surface area contributed by atoms with Crippen molar-refractivity contribution < 1.29 is 14.6 Å². The van der Waals surface area contributed by atoms with Gasteiger partial charge >= 0.3 is 0 Å². The van der Waals surface area contributed by atoms with Crippen LogP contribution in [0.25, 0.3) is 0 Å². The summed E-state index contributed by atoms with van der Waals surface area (Å²) in [4.78, 5) is 2.59. The van der Waals surface area contributed by atoms with Crippen molar-refractivity contribution in [2.24, 2.45) is 0 Å². The van der Waals surface area contributed by atoms with Crippen molar-refractivity contribution in [2.45, 2.75) is 49.9 Å². The molecule has 0 amide bonds. The second kappa shape index (κ2) is 4.89. The molecule has 3 aliphatic rings. The van der Waals surface area contributed by atoms with E-state index in [0.29, 0.717) is 12.5 Å². The highest BCUT2D eigenvalue weighted by molar-refractivity contribution is 5.43. The topological polar surface area (TPSA) is 41.9 Å². The van der Waals surface area contributed by atoms with Crippen LogP contribution in [0.5, 0.6) is 11.5 Å². The van der Waals surface area contributed by atoms with Crippen molar-refractivity contribution >= 4 is 0 Å². The summed E-state index contributed by atoms with van der Waals surface area (Å²) in [6.07, 6.45) is 4.91. The van der Waals surface area contributed by atoms with Gasteiger partial charge in [0.1, 0.15) is 17.1 Å². The Labute approximate surface area is 125 Å². The van der Waals surface area contributed by atoms with Crippen molar-refractivity contribution in [1.82, 2.24) is 4.90 Å². The van der Waals surface area contributed by atoms with Crippen molar-refractivity contribution in [2.75, 3.05) is 20.2 Å². The van der Waals surface area contributed by atoms with Gasteiger partial charge < -0.3 is 19.5 Å². The number of hydrogen-bond acceptors (Lipinski definition) is 4. The van der Waals surface area contributed by atoms with Crippen LogP contribution in [0.2, 0.25) is 0 Å². The second-order valence-electron chi connectivity index (χ2n) is 6.69. The van der Waals surface area contributed by atoms with E-state index in [1.54, 1.807) is 7.11 Å². The molecule has 2 saturated heterocycles. The highest BCUT2D eigenvalue weighted by atomic mass is 16.5. The molecule has 114 valence electrons. The molecule has 0 bridgehead atoms. The summed E-state index contributed by atoms with van der Waals surface area (Å²) in [6, 6.07) is 6.40. The molecule has 1 spiro atoms. The fourth-order valence-electron chi connectivity index (χ4n) is 4.32. The first-order valence-electron chi connectivity index (χ1n) is 7.98. The first kappa shape index (κ1) is 13.4. The average Bonchev–Trinajstić information content (AvgIpc) is 2.94. The van der Waals surface area contributed by atoms with Gasteiger partial charge in [0.2, 0.25) is 0 Å². The van der Waals surface area contributed by atoms with Gasteiger partial charge in [-0.1, -0.05) is 0 Å². The predicted molar refractivity (Wildman–Crippen MR) is 79.8 cm³/mol. The third-order valence-electron chi connectivity index (χ3n) is 5.43. The standard InChI is InChI=1S/C17H23NO3/c1-20-13-4-5-16-14(9-13)15(19)11-17(21-16)6-8-18-7-2-3-12(18)10-17/h4-5,9,12,15,19H,2-3,6-8,10-11H2,1H3/t12?,15-,17?/m1/s1. The predicted octanol–water partition coefficient (Wildman–Crippen LogP) is 2.51. The molecular formula is C17H23NO3. The van der Waals surface area contributed by atoms with Crippen LogP contribution in [0.1, 0.15) is 43.8 Å². The lowest BCUT2D eigenvalue weighted by atomic mass is 9.79. The fourth-order valence-corrected chi connectivity index (χ4v) is 4.32. The number of hydrogen-bond donors (Lipinski definition) is 1. The summed E-state index contributed by atoms with van der Waals surface area (Å²) in [5, 5.41) is 10.6. The minimum atomic E-state index is -0.447. The van der Waals surface area contributed by atoms with Crippen LogP contribution >= 0.6 is 0 Å². The maximum absolute atomic E-state index is 10.6. The maximum Gasteiger partial charge on any atom is 0.126 e. The quantitative estimate of drug-likeness (QED) is 0.862. The second-order valence-corrected chi connectivity index (χ2v) is 6.69. The molecule has 1 aromatic carbocycles. The Morgan fingerprint density at radius 3 is 3.10 bits per heavy atom. The molecule has 2 fully saturated rings. The van der Waals surface area contributed by atoms with Gasteiger partial charge in [0.15, 0.2) is 0 Å². The zero-order chi connectivity index (χ0) is 14.4. The number of rotatable bonds is 1. The average molecular weight is 289 g/mol. The number of benzene rings is 1. The van der Waals surface area contributed by atoms with E-state index >= 15 is 0 Å². The van der Waals surface area contributed by atoms with Gasteiger partial charge in [0, 0.05) is 31.0 Å². The van der Waals surface area contributed by atoms with Gasteiger partial charge in [-0.25, -0.2) is 0 Å². The minimum absolute atomic E-state index is 0.174. The SMILES string of the molecule is COc1ccc2c(c1)[C@H](O)CC1(CCN3CCCC3C1)O2. The lowest BCUT2D eigenvalue weighted by Gasteiger charge is -2.47. The van der Waals surface area contributed by atoms with E-state index in [-0.39, 0.29) is 5.60 Å². The largest absolute Gasteiger partial charge is 0.497 e. The zero-order valence-electron chi connectivity index (χ0n) is 12.5. The molecular weight excluding hydrogens is 266 g/mol. The van der Waals surface area contributed by atoms with Gasteiger partial charge in [-0.15, -0.1) is 0 Å². The molecule has 4 heteroatoms. The van der Waals surface area contributed by atoms with Crippen LogP contribution in [0, 0.1) is 0 Å². The van der Waals surface area contributed by atoms with Gasteiger partial charge in [-0.05, 0) is 44.0 Å². The molecule has 0 saturated carbocycles. The Morgan fingerprint density at radius 1 is 1.33 bits per heavy atom. The summed E-state index contributed by atoms with van der Waals surface area (Å²) in [7, 11) is 1.65. The molecule has 0 radical (unpaired) electrons. The molecule has 0 aromatic heterocycles. The first-order valence-corrected chi connectivity index (χ1v) is 7.98. The molecule has 1 N–H and O–H groups in total. The van der Waals surface area contributed by atoms with Gasteiger partial charge in [-0.3, -0.25) is 0 Å². The number of piperidine rings is 1. The molecule has 4 nitrogen and oxygen atoms in total. The molecule has 3 atom stereocenters. The van der Waals surface area contributed by atoms with Crippen LogP contribution in [0.4, 0.5) is 0 Å². The van der Waals surface area contributed by atoms with Gasteiger partial charge in [0.25, 0.3) is 0 Å². The number of nitrogens with zero attached hydrogens (tertiary/aromatic N) is 1. The number of methoxy groups -OCH3 is 1. The maximum atomic E-state index is 10.6. The van der Waals surface area contributed by atoms with Crippen molar-refractivity contribution in [1.29, 1.82) is 0 Å². The van der Waals surface area contributed by atoms with Crippen molar-refractivity contribution in [3.8, 4) is 11.5 Å². The van der Waals surface area contributed by atoms with Crippen LogP contribution in [0.15, 0.2) is 18.2 Å². The molecule has 1 aromatic rings. The smallest absolute Gasteiger partial charge is 0.126 e. The molecule has 2 unspecified atom stereocenters. The minimum Gasteiger partial charge on any atom is -0.497 e. The van der Waals surface area contributed by atoms with Gasteiger partial charge in [-0.2, -0.15) is 0 Å². The Hall–Kier alpha value is -1.26. The number of fused-ring (bicyclic) bond motifs is 2. The normalized spacial score (nSPS) is 35.1. The van der Waals surface area contributed by atoms with E-state index in [1.807, 2.05) is 18.2 Å². The molecule has 4 rings (SSSR count). The summed E-state index contributed by atoms with van der Waals surface area (Å²) in [5.74, 6) is 1.61. The van der Waals surface area contributed by atoms with Crippen LogP contribution in [-0.4, -0.2) is 41.8 Å². The zero-order valence-corrected chi connectivity index (χ0v) is 12.5.